The Morgan fingerprint density at radius 1 is 0.149 bits per heavy atom. The van der Waals surface area contributed by atoms with Gasteiger partial charge in [-0.2, -0.15) is 0 Å². The van der Waals surface area contributed by atoms with Crippen LogP contribution in [0.4, 0.5) is 0 Å². The molecular formula is C123H99N9O2. The molecule has 0 unspecified atom stereocenters. The van der Waals surface area contributed by atoms with Crippen molar-refractivity contribution in [2.75, 3.05) is 0 Å². The number of nitrogens with zero attached hydrogens (tertiary/aromatic N) is 9. The highest BCUT2D eigenvalue weighted by molar-refractivity contribution is 6.07. The van der Waals surface area contributed by atoms with Crippen LogP contribution in [0.25, 0.3) is 202 Å². The predicted molar refractivity (Wildman–Crippen MR) is 548 cm³/mol. The Balaban J connectivity index is 0.000000117. The first-order chi connectivity index (χ1) is 64.9. The number of rotatable bonds is 11. The molecule has 648 valence electrons. The summed E-state index contributed by atoms with van der Waals surface area (Å²) in [7, 11) is 0. The van der Waals surface area contributed by atoms with Gasteiger partial charge in [-0.1, -0.05) is 417 Å². The Hall–Kier alpha value is -15.9. The summed E-state index contributed by atoms with van der Waals surface area (Å²) in [6, 6.07) is 133. The molecule has 0 aliphatic heterocycles. The van der Waals surface area contributed by atoms with E-state index in [-0.39, 0.29) is 32.5 Å². The quantitative estimate of drug-likeness (QED) is 0.122. The summed E-state index contributed by atoms with van der Waals surface area (Å²) in [5.74, 6) is 5.89. The standard InChI is InChI=1S/C45H35N3O.C39H31N3O.C39H33N3/c1-44(2)37-25-30(28-13-7-5-8-14-28)19-22-33(37)34-23-20-31(26-38(34)45(44,3)4)42-46-41(29-15-9-6-10-16-29)47-43(48-42)32-21-24-36-35-17-11-12-18-39(35)49-40(36)27-32;1-38(2)31-19-10-8-15-26(31)29-17-12-18-30(34(29)39(38,3)4)37-41-35(24-13-6-5-7-14-24)40-36(42-37)25-21-22-28-27-16-9-11-20-32(27)43-33(28)23-25;1-38(2)33-21-12-11-18-30(33)31-19-13-20-32(34(31)39(38,3)4)37-41-35(28-16-9-6-10-17-28)40-36(42-37)29-24-22-27(23-25-29)26-14-7-5-8-15-26/h5-27H,1-4H3;5-23H,1-4H3;5-25H,1-4H3. The smallest absolute Gasteiger partial charge is 0.164 e. The molecule has 0 amide bonds. The molecule has 0 saturated carbocycles. The number of aromatic nitrogens is 9. The van der Waals surface area contributed by atoms with Gasteiger partial charge in [-0.25, -0.2) is 44.9 Å². The van der Waals surface area contributed by atoms with Gasteiger partial charge in [-0.05, 0) is 159 Å². The summed E-state index contributed by atoms with van der Waals surface area (Å²) in [6.07, 6.45) is 0. The van der Waals surface area contributed by atoms with Crippen LogP contribution in [0.1, 0.15) is 116 Å². The Kier molecular flexibility index (Phi) is 20.4. The van der Waals surface area contributed by atoms with Crippen LogP contribution in [-0.2, 0) is 32.5 Å². The van der Waals surface area contributed by atoms with Crippen LogP contribution in [0.2, 0.25) is 0 Å². The molecule has 0 radical (unpaired) electrons. The molecule has 5 aromatic heterocycles. The van der Waals surface area contributed by atoms with E-state index in [4.69, 9.17) is 53.7 Å². The second kappa shape index (κ2) is 32.6. The number of hydrogen-bond acceptors (Lipinski definition) is 11. The van der Waals surface area contributed by atoms with E-state index in [1.807, 2.05) is 121 Å². The van der Waals surface area contributed by atoms with E-state index in [0.717, 1.165) is 99.5 Å². The molecule has 0 N–H and O–H groups in total. The minimum absolute atomic E-state index is 0.0991. The second-order valence-corrected chi connectivity index (χ2v) is 38.8. The molecule has 5 heterocycles. The zero-order valence-electron chi connectivity index (χ0n) is 77.2. The molecule has 11 nitrogen and oxygen atoms in total. The first-order valence-corrected chi connectivity index (χ1v) is 46.2. The van der Waals surface area contributed by atoms with Gasteiger partial charge in [0.05, 0.1) is 0 Å². The number of benzene rings is 16. The van der Waals surface area contributed by atoms with Gasteiger partial charge in [-0.15, -0.1) is 0 Å². The fourth-order valence-corrected chi connectivity index (χ4v) is 20.5. The van der Waals surface area contributed by atoms with Crippen LogP contribution >= 0.6 is 0 Å². The molecule has 21 aromatic rings. The van der Waals surface area contributed by atoms with E-state index < -0.39 is 0 Å². The molecule has 11 heteroatoms. The minimum atomic E-state index is -0.194. The van der Waals surface area contributed by atoms with Crippen molar-refractivity contribution < 1.29 is 8.83 Å². The Labute approximate surface area is 781 Å². The van der Waals surface area contributed by atoms with Crippen molar-refractivity contribution in [2.24, 2.45) is 0 Å². The summed E-state index contributed by atoms with van der Waals surface area (Å²) < 4.78 is 12.5. The monoisotopic (exact) mass is 1730 g/mol. The van der Waals surface area contributed by atoms with Crippen molar-refractivity contribution in [2.45, 2.75) is 116 Å². The normalized spacial score (nSPS) is 14.6. The molecule has 0 spiro atoms. The Morgan fingerprint density at radius 2 is 0.388 bits per heavy atom. The summed E-state index contributed by atoms with van der Waals surface area (Å²) in [5, 5.41) is 4.36. The first-order valence-electron chi connectivity index (χ1n) is 46.2. The number of fused-ring (bicyclic) bond motifs is 15. The topological polar surface area (TPSA) is 142 Å². The Morgan fingerprint density at radius 3 is 0.784 bits per heavy atom. The second-order valence-electron chi connectivity index (χ2n) is 38.8. The third-order valence-corrected chi connectivity index (χ3v) is 29.9. The first kappa shape index (κ1) is 83.7. The van der Waals surface area contributed by atoms with Gasteiger partial charge in [0, 0.05) is 82.4 Å². The van der Waals surface area contributed by atoms with Crippen LogP contribution in [-0.4, -0.2) is 44.9 Å². The summed E-state index contributed by atoms with van der Waals surface area (Å²) in [5.41, 5.74) is 31.5. The molecule has 0 fully saturated rings. The van der Waals surface area contributed by atoms with Crippen molar-refractivity contribution in [3.05, 3.63) is 416 Å². The van der Waals surface area contributed by atoms with E-state index in [1.54, 1.807) is 0 Å². The van der Waals surface area contributed by atoms with E-state index in [1.165, 1.54) is 83.5 Å². The molecule has 3 aliphatic carbocycles. The lowest BCUT2D eigenvalue weighted by Gasteiger charge is -2.49. The van der Waals surface area contributed by atoms with Gasteiger partial charge in [0.1, 0.15) is 22.3 Å². The Bertz CT molecular complexity index is 8160. The van der Waals surface area contributed by atoms with Crippen molar-refractivity contribution in [3.8, 4) is 158 Å². The van der Waals surface area contributed by atoms with E-state index in [2.05, 4.69) is 344 Å². The molecule has 24 rings (SSSR count). The third kappa shape index (κ3) is 14.2. The van der Waals surface area contributed by atoms with Crippen LogP contribution < -0.4 is 0 Å². The highest BCUT2D eigenvalue weighted by Gasteiger charge is 2.50. The van der Waals surface area contributed by atoms with Gasteiger partial charge in [0.15, 0.2) is 52.4 Å². The van der Waals surface area contributed by atoms with Gasteiger partial charge >= 0.3 is 0 Å². The average Bonchev–Trinajstić information content (AvgIpc) is 0.859. The summed E-state index contributed by atoms with van der Waals surface area (Å²) in [4.78, 5) is 45.8. The lowest BCUT2D eigenvalue weighted by Crippen LogP contribution is -2.44. The van der Waals surface area contributed by atoms with Crippen molar-refractivity contribution in [1.29, 1.82) is 0 Å². The predicted octanol–water partition coefficient (Wildman–Crippen LogP) is 31.5. The maximum atomic E-state index is 6.24. The molecular weight excluding hydrogens is 1640 g/mol. The van der Waals surface area contributed by atoms with Gasteiger partial charge in [-0.3, -0.25) is 0 Å². The lowest BCUT2D eigenvalue weighted by molar-refractivity contribution is 0.299. The van der Waals surface area contributed by atoms with Gasteiger partial charge in [0.2, 0.25) is 0 Å². The largest absolute Gasteiger partial charge is 0.456 e. The fourth-order valence-electron chi connectivity index (χ4n) is 20.5. The van der Waals surface area contributed by atoms with Crippen molar-refractivity contribution in [1.82, 2.24) is 44.9 Å². The molecule has 0 bridgehead atoms. The minimum Gasteiger partial charge on any atom is -0.456 e. The number of hydrogen-bond donors (Lipinski definition) is 0. The van der Waals surface area contributed by atoms with E-state index >= 15 is 0 Å². The molecule has 0 atom stereocenters. The third-order valence-electron chi connectivity index (χ3n) is 29.9. The zero-order chi connectivity index (χ0) is 91.6. The van der Waals surface area contributed by atoms with Crippen molar-refractivity contribution in [3.63, 3.8) is 0 Å². The maximum absolute atomic E-state index is 6.24. The van der Waals surface area contributed by atoms with Crippen LogP contribution in [0.15, 0.2) is 391 Å². The van der Waals surface area contributed by atoms with Crippen LogP contribution in [0.3, 0.4) is 0 Å². The van der Waals surface area contributed by atoms with E-state index in [0.29, 0.717) is 52.4 Å². The fraction of sp³-hybridized carbons (Fsp3) is 0.146. The van der Waals surface area contributed by atoms with Crippen LogP contribution in [0.5, 0.6) is 0 Å². The van der Waals surface area contributed by atoms with Gasteiger partial charge < -0.3 is 8.83 Å². The number of para-hydroxylation sites is 2. The van der Waals surface area contributed by atoms with Gasteiger partial charge in [0.25, 0.3) is 0 Å². The van der Waals surface area contributed by atoms with E-state index in [9.17, 15) is 0 Å². The molecule has 16 aromatic carbocycles. The molecule has 134 heavy (non-hydrogen) atoms. The highest BCUT2D eigenvalue weighted by Crippen LogP contribution is 2.60. The maximum Gasteiger partial charge on any atom is 0.164 e. The molecule has 3 aliphatic rings. The lowest BCUT2D eigenvalue weighted by atomic mass is 9.54. The SMILES string of the molecule is CC1(C)c2cc(-c3ccccc3)ccc2-c2ccc(-c3nc(-c4ccccc4)nc(-c4ccc5c(c4)oc4ccccc45)n3)cc2C1(C)C.CC1(C)c2ccccc2-c2cccc(-c3nc(-c4ccccc4)nc(-c4ccc(-c5ccccc5)cc4)n3)c2C1(C)C.CC1(C)c2ccccc2-c2cccc(-c3nc(-c4ccccc4)nc(-c4ccc5c(c4)oc4ccccc45)n3)c2C1(C)C. The highest BCUT2D eigenvalue weighted by atomic mass is 16.3. The number of furan rings is 2. The molecule has 0 saturated heterocycles. The summed E-state index contributed by atoms with van der Waals surface area (Å²) >= 11 is 0. The average molecular weight is 1740 g/mol. The summed E-state index contributed by atoms with van der Waals surface area (Å²) in [6.45, 7) is 28.3. The van der Waals surface area contributed by atoms with Crippen LogP contribution in [0, 0.1) is 0 Å². The van der Waals surface area contributed by atoms with Crippen molar-refractivity contribution >= 4 is 43.9 Å². The zero-order valence-corrected chi connectivity index (χ0v) is 77.2.